The molecule has 0 aliphatic carbocycles. The number of para-hydroxylation sites is 1. The molecule has 1 unspecified atom stereocenters. The van der Waals surface area contributed by atoms with Crippen LogP contribution in [0.3, 0.4) is 0 Å². The average molecular weight is 460 g/mol. The molecule has 1 aliphatic heterocycles. The summed E-state index contributed by atoms with van der Waals surface area (Å²) in [5.41, 5.74) is 2.40. The van der Waals surface area contributed by atoms with Gasteiger partial charge >= 0.3 is 0 Å². The highest BCUT2D eigenvalue weighted by Gasteiger charge is 2.36. The van der Waals surface area contributed by atoms with Gasteiger partial charge in [0.2, 0.25) is 0 Å². The first-order valence-corrected chi connectivity index (χ1v) is 11.2. The van der Waals surface area contributed by atoms with Crippen LogP contribution in [0.15, 0.2) is 101 Å². The number of thioether (sulfide) groups is 1. The number of anilines is 1. The number of aliphatic hydroxyl groups excluding tert-OH is 1. The van der Waals surface area contributed by atoms with E-state index in [1.807, 2.05) is 48.5 Å². The Morgan fingerprint density at radius 1 is 1.00 bits per heavy atom. The second-order valence-corrected chi connectivity index (χ2v) is 8.62. The van der Waals surface area contributed by atoms with Gasteiger partial charge in [-0.05, 0) is 29.7 Å². The summed E-state index contributed by atoms with van der Waals surface area (Å²) >= 11 is 1.29. The number of nitrogens with one attached hydrogen (secondary N) is 1. The van der Waals surface area contributed by atoms with Crippen LogP contribution in [-0.2, 0) is 17.8 Å². The lowest BCUT2D eigenvalue weighted by Gasteiger charge is -2.09. The number of carbonyl (C=O) groups is 1. The molecule has 1 aliphatic rings. The highest BCUT2D eigenvalue weighted by Crippen LogP contribution is 2.37. The molecule has 2 N–H and O–H groups in total. The molecule has 166 valence electrons. The van der Waals surface area contributed by atoms with Crippen molar-refractivity contribution < 1.29 is 14.8 Å². The lowest BCUT2D eigenvalue weighted by molar-refractivity contribution is -0.384. The van der Waals surface area contributed by atoms with E-state index < -0.39 is 16.1 Å². The minimum Gasteiger partial charge on any atom is -0.510 e. The average Bonchev–Trinajstić information content (AvgIpc) is 3.14. The number of aliphatic imine (C=N–C) groups is 1. The van der Waals surface area contributed by atoms with Crippen molar-refractivity contribution in [1.29, 1.82) is 0 Å². The fourth-order valence-corrected chi connectivity index (χ4v) is 4.69. The van der Waals surface area contributed by atoms with E-state index in [4.69, 9.17) is 0 Å². The van der Waals surface area contributed by atoms with Crippen LogP contribution in [0.2, 0.25) is 0 Å². The van der Waals surface area contributed by atoms with Crippen molar-refractivity contribution in [2.24, 2.45) is 4.99 Å². The Hall–Kier alpha value is -3.91. The van der Waals surface area contributed by atoms with E-state index >= 15 is 0 Å². The molecular formula is C25H21N3O4S. The molecule has 0 fully saturated rings. The van der Waals surface area contributed by atoms with Crippen LogP contribution in [0.1, 0.15) is 11.1 Å². The van der Waals surface area contributed by atoms with Crippen molar-refractivity contribution in [3.63, 3.8) is 0 Å². The van der Waals surface area contributed by atoms with Gasteiger partial charge in [-0.3, -0.25) is 19.9 Å². The Labute approximate surface area is 195 Å². The molecule has 0 spiro atoms. The zero-order valence-corrected chi connectivity index (χ0v) is 18.4. The molecule has 0 radical (unpaired) electrons. The monoisotopic (exact) mass is 459 g/mol. The maximum absolute atomic E-state index is 13.1. The first-order chi connectivity index (χ1) is 16.0. The lowest BCUT2D eigenvalue weighted by atomic mass is 10.1. The number of carbonyl (C=O) groups excluding carboxylic acids is 1. The van der Waals surface area contributed by atoms with Crippen molar-refractivity contribution in [2.75, 3.05) is 5.32 Å². The van der Waals surface area contributed by atoms with Gasteiger partial charge in [0.25, 0.3) is 11.6 Å². The largest absolute Gasteiger partial charge is 0.510 e. The maximum atomic E-state index is 13.1. The van der Waals surface area contributed by atoms with Gasteiger partial charge in [0.1, 0.15) is 16.4 Å². The van der Waals surface area contributed by atoms with Crippen LogP contribution >= 0.6 is 11.8 Å². The lowest BCUT2D eigenvalue weighted by Crippen LogP contribution is -2.19. The predicted molar refractivity (Wildman–Crippen MR) is 130 cm³/mol. The van der Waals surface area contributed by atoms with E-state index in [9.17, 15) is 20.0 Å². The number of aliphatic hydroxyl groups is 1. The minimum absolute atomic E-state index is 0.0148. The normalized spacial score (nSPS) is 16.7. The van der Waals surface area contributed by atoms with Crippen molar-refractivity contribution in [2.45, 2.75) is 18.2 Å². The zero-order valence-electron chi connectivity index (χ0n) is 17.5. The summed E-state index contributed by atoms with van der Waals surface area (Å²) < 4.78 is 0. The minimum atomic E-state index is -0.474. The van der Waals surface area contributed by atoms with Crippen LogP contribution in [0.25, 0.3) is 0 Å². The van der Waals surface area contributed by atoms with Crippen molar-refractivity contribution in [1.82, 2.24) is 0 Å². The molecule has 7 nitrogen and oxygen atoms in total. The van der Waals surface area contributed by atoms with Gasteiger partial charge in [-0.25, -0.2) is 0 Å². The smallest absolute Gasteiger partial charge is 0.269 e. The van der Waals surface area contributed by atoms with Gasteiger partial charge in [-0.2, -0.15) is 0 Å². The molecule has 0 saturated carbocycles. The molecule has 1 atom stereocenters. The topological polar surface area (TPSA) is 105 Å². The molecule has 33 heavy (non-hydrogen) atoms. The third-order valence-electron chi connectivity index (χ3n) is 5.08. The van der Waals surface area contributed by atoms with Gasteiger partial charge in [0, 0.05) is 17.8 Å². The number of nitro benzene ring substituents is 1. The van der Waals surface area contributed by atoms with Gasteiger partial charge < -0.3 is 10.4 Å². The number of rotatable bonds is 7. The highest BCUT2D eigenvalue weighted by molar-refractivity contribution is 8.15. The molecular weight excluding hydrogens is 438 g/mol. The molecule has 4 rings (SSSR count). The molecule has 0 aromatic heterocycles. The maximum Gasteiger partial charge on any atom is 0.269 e. The molecule has 1 amide bonds. The summed E-state index contributed by atoms with van der Waals surface area (Å²) in [7, 11) is 0. The third-order valence-corrected chi connectivity index (χ3v) is 6.31. The highest BCUT2D eigenvalue weighted by atomic mass is 32.2. The summed E-state index contributed by atoms with van der Waals surface area (Å²) in [6.45, 7) is 0.363. The SMILES string of the molecule is O=C(Nc1ccccc1)C1=C(O)C(Cc2cccc([N+](=O)[O-])c2)SC1=NCc1ccccc1. The number of nitrogens with zero attached hydrogens (tertiary/aromatic N) is 2. The molecule has 8 heteroatoms. The molecule has 0 saturated heterocycles. The molecule has 1 heterocycles. The Balaban J connectivity index is 1.62. The molecule has 0 bridgehead atoms. The molecule has 3 aromatic carbocycles. The molecule has 3 aromatic rings. The number of non-ortho nitro benzene ring substituents is 1. The fourth-order valence-electron chi connectivity index (χ4n) is 3.46. The number of hydrogen-bond acceptors (Lipinski definition) is 6. The Kier molecular flexibility index (Phi) is 6.85. The first-order valence-electron chi connectivity index (χ1n) is 10.3. The number of amides is 1. The van der Waals surface area contributed by atoms with Crippen molar-refractivity contribution >= 4 is 34.1 Å². The quantitative estimate of drug-likeness (QED) is 0.368. The fraction of sp³-hybridized carbons (Fsp3) is 0.120. The number of hydrogen-bond donors (Lipinski definition) is 2. The first kappa shape index (κ1) is 22.3. The van der Waals surface area contributed by atoms with E-state index in [1.54, 1.807) is 24.3 Å². The van der Waals surface area contributed by atoms with Crippen LogP contribution in [-0.4, -0.2) is 26.2 Å². The summed E-state index contributed by atoms with van der Waals surface area (Å²) in [6, 6.07) is 24.9. The van der Waals surface area contributed by atoms with E-state index in [0.717, 1.165) is 5.56 Å². The van der Waals surface area contributed by atoms with Crippen molar-refractivity contribution in [3.8, 4) is 0 Å². The number of nitro groups is 1. The Morgan fingerprint density at radius 2 is 1.67 bits per heavy atom. The number of benzene rings is 3. The van der Waals surface area contributed by atoms with Gasteiger partial charge in [-0.1, -0.05) is 72.4 Å². The summed E-state index contributed by atoms with van der Waals surface area (Å²) in [5, 5.41) is 24.9. The second-order valence-electron chi connectivity index (χ2n) is 7.42. The van der Waals surface area contributed by atoms with Crippen LogP contribution in [0, 0.1) is 10.1 Å². The standard InChI is InChI=1S/C25H21N3O4S/c29-23-21(15-18-10-7-13-20(14-18)28(31)32)33-25(26-16-17-8-3-1-4-9-17)22(23)24(30)27-19-11-5-2-6-12-19/h1-14,21,29H,15-16H2,(H,27,30). The Morgan fingerprint density at radius 3 is 2.36 bits per heavy atom. The van der Waals surface area contributed by atoms with Gasteiger partial charge in [0.15, 0.2) is 0 Å². The van der Waals surface area contributed by atoms with Crippen molar-refractivity contribution in [3.05, 3.63) is 118 Å². The van der Waals surface area contributed by atoms with Gasteiger partial charge in [-0.15, -0.1) is 0 Å². The van der Waals surface area contributed by atoms with E-state index in [0.29, 0.717) is 29.3 Å². The zero-order chi connectivity index (χ0) is 23.2. The van der Waals surface area contributed by atoms with E-state index in [2.05, 4.69) is 10.3 Å². The van der Waals surface area contributed by atoms with E-state index in [1.165, 1.54) is 23.9 Å². The van der Waals surface area contributed by atoms with Crippen LogP contribution in [0.4, 0.5) is 11.4 Å². The van der Waals surface area contributed by atoms with Gasteiger partial charge in [0.05, 0.1) is 16.7 Å². The van der Waals surface area contributed by atoms with Crippen LogP contribution in [0.5, 0.6) is 0 Å². The summed E-state index contributed by atoms with van der Waals surface area (Å²) in [4.78, 5) is 28.4. The predicted octanol–water partition coefficient (Wildman–Crippen LogP) is 5.30. The van der Waals surface area contributed by atoms with E-state index in [-0.39, 0.29) is 17.0 Å². The third kappa shape index (κ3) is 5.48. The Bertz CT molecular complexity index is 1230. The summed E-state index contributed by atoms with van der Waals surface area (Å²) in [5.74, 6) is -0.522. The second kappa shape index (κ2) is 10.1. The summed E-state index contributed by atoms with van der Waals surface area (Å²) in [6.07, 6.45) is 0.324. The van der Waals surface area contributed by atoms with Crippen LogP contribution < -0.4 is 5.32 Å².